The van der Waals surface area contributed by atoms with E-state index in [0.29, 0.717) is 5.69 Å². The normalized spacial score (nSPS) is 14.3. The molecular weight excluding hydrogens is 232 g/mol. The number of aromatic nitrogens is 1. The monoisotopic (exact) mass is 248 g/mol. The number of amides is 1. The van der Waals surface area contributed by atoms with Crippen LogP contribution in [0.4, 0.5) is 0 Å². The number of aryl methyl sites for hydroxylation is 1. The lowest BCUT2D eigenvalue weighted by molar-refractivity contribution is -0.137. The molecule has 5 heteroatoms. The van der Waals surface area contributed by atoms with Crippen molar-refractivity contribution < 1.29 is 14.7 Å². The summed E-state index contributed by atoms with van der Waals surface area (Å²) in [5.41, 5.74) is 1.25. The minimum atomic E-state index is -0.883. The maximum Gasteiger partial charge on any atom is 0.305 e. The molecule has 0 aliphatic heterocycles. The molecule has 1 aliphatic rings. The van der Waals surface area contributed by atoms with Gasteiger partial charge >= 0.3 is 5.97 Å². The van der Waals surface area contributed by atoms with Crippen LogP contribution in [0.5, 0.6) is 0 Å². The Morgan fingerprint density at radius 2 is 2.22 bits per heavy atom. The predicted molar refractivity (Wildman–Crippen MR) is 65.3 cm³/mol. The van der Waals surface area contributed by atoms with Gasteiger partial charge in [-0.15, -0.1) is 0 Å². The van der Waals surface area contributed by atoms with Crippen LogP contribution in [0, 0.1) is 6.92 Å². The third-order valence-electron chi connectivity index (χ3n) is 3.03. The number of hydrogen-bond donors (Lipinski definition) is 1. The van der Waals surface area contributed by atoms with E-state index in [1.54, 1.807) is 17.2 Å². The number of carbonyl (C=O) groups excluding carboxylic acids is 1. The van der Waals surface area contributed by atoms with Gasteiger partial charge in [0.05, 0.1) is 6.42 Å². The molecule has 1 N–H and O–H groups in total. The van der Waals surface area contributed by atoms with E-state index in [1.807, 2.05) is 13.0 Å². The van der Waals surface area contributed by atoms with E-state index < -0.39 is 5.97 Å². The first-order chi connectivity index (χ1) is 8.59. The number of carboxylic acids is 1. The van der Waals surface area contributed by atoms with Gasteiger partial charge in [-0.25, -0.2) is 0 Å². The fourth-order valence-corrected chi connectivity index (χ4v) is 1.90. The van der Waals surface area contributed by atoms with E-state index in [2.05, 4.69) is 4.98 Å². The van der Waals surface area contributed by atoms with Crippen LogP contribution in [0.1, 0.15) is 35.3 Å². The van der Waals surface area contributed by atoms with Gasteiger partial charge in [0.2, 0.25) is 0 Å². The summed E-state index contributed by atoms with van der Waals surface area (Å²) in [4.78, 5) is 28.7. The van der Waals surface area contributed by atoms with Crippen LogP contribution in [-0.2, 0) is 4.79 Å². The summed E-state index contributed by atoms with van der Waals surface area (Å²) >= 11 is 0. The summed E-state index contributed by atoms with van der Waals surface area (Å²) < 4.78 is 0. The summed E-state index contributed by atoms with van der Waals surface area (Å²) in [7, 11) is 0. The molecule has 0 unspecified atom stereocenters. The summed E-state index contributed by atoms with van der Waals surface area (Å²) in [6.07, 6.45) is 3.48. The predicted octanol–water partition coefficient (Wildman–Crippen LogP) is 1.47. The highest BCUT2D eigenvalue weighted by atomic mass is 16.4. The van der Waals surface area contributed by atoms with Gasteiger partial charge in [0.15, 0.2) is 0 Å². The molecule has 5 nitrogen and oxygen atoms in total. The van der Waals surface area contributed by atoms with Gasteiger partial charge in [-0.1, -0.05) is 6.07 Å². The Labute approximate surface area is 105 Å². The molecular formula is C13H16N2O3. The first kappa shape index (κ1) is 12.5. The third-order valence-corrected chi connectivity index (χ3v) is 3.03. The largest absolute Gasteiger partial charge is 0.481 e. The lowest BCUT2D eigenvalue weighted by atomic mass is 10.2. The summed E-state index contributed by atoms with van der Waals surface area (Å²) in [5.74, 6) is -1.04. The van der Waals surface area contributed by atoms with E-state index in [1.165, 1.54) is 0 Å². The van der Waals surface area contributed by atoms with Gasteiger partial charge in [0.1, 0.15) is 5.69 Å². The SMILES string of the molecule is Cc1cccnc1C(=O)N(CCC(=O)O)C1CC1. The molecule has 1 heterocycles. The van der Waals surface area contributed by atoms with E-state index in [4.69, 9.17) is 5.11 Å². The molecule has 0 saturated heterocycles. The van der Waals surface area contributed by atoms with Crippen LogP contribution in [0.2, 0.25) is 0 Å². The Morgan fingerprint density at radius 3 is 2.78 bits per heavy atom. The number of carbonyl (C=O) groups is 2. The van der Waals surface area contributed by atoms with Crippen molar-refractivity contribution in [1.29, 1.82) is 0 Å². The molecule has 1 aromatic rings. The van der Waals surface area contributed by atoms with Gasteiger partial charge in [0.25, 0.3) is 5.91 Å². The Hall–Kier alpha value is -1.91. The van der Waals surface area contributed by atoms with Crippen LogP contribution < -0.4 is 0 Å². The van der Waals surface area contributed by atoms with E-state index >= 15 is 0 Å². The summed E-state index contributed by atoms with van der Waals surface area (Å²) in [6.45, 7) is 2.09. The molecule has 0 aromatic carbocycles. The highest BCUT2D eigenvalue weighted by Gasteiger charge is 2.34. The van der Waals surface area contributed by atoms with Gasteiger partial charge in [-0.2, -0.15) is 0 Å². The number of rotatable bonds is 5. The van der Waals surface area contributed by atoms with E-state index in [9.17, 15) is 9.59 Å². The van der Waals surface area contributed by atoms with Crippen molar-refractivity contribution in [1.82, 2.24) is 9.88 Å². The summed E-state index contributed by atoms with van der Waals surface area (Å²) in [6, 6.07) is 3.81. The van der Waals surface area contributed by atoms with Crippen LogP contribution in [-0.4, -0.2) is 39.5 Å². The molecule has 1 amide bonds. The minimum absolute atomic E-state index is 0.0197. The standard InChI is InChI=1S/C13H16N2O3/c1-9-3-2-7-14-12(9)13(18)15(10-4-5-10)8-6-11(16)17/h2-3,7,10H,4-6,8H2,1H3,(H,16,17). The maximum absolute atomic E-state index is 12.3. The highest BCUT2D eigenvalue weighted by Crippen LogP contribution is 2.28. The zero-order valence-corrected chi connectivity index (χ0v) is 10.3. The molecule has 1 saturated carbocycles. The highest BCUT2D eigenvalue weighted by molar-refractivity contribution is 5.94. The topological polar surface area (TPSA) is 70.5 Å². The molecule has 0 bridgehead atoms. The zero-order chi connectivity index (χ0) is 13.1. The maximum atomic E-state index is 12.3. The van der Waals surface area contributed by atoms with Crippen LogP contribution in [0.15, 0.2) is 18.3 Å². The quantitative estimate of drug-likeness (QED) is 0.856. The Kier molecular flexibility index (Phi) is 3.60. The molecule has 0 spiro atoms. The number of hydrogen-bond acceptors (Lipinski definition) is 3. The molecule has 1 aliphatic carbocycles. The lowest BCUT2D eigenvalue weighted by Crippen LogP contribution is -2.35. The van der Waals surface area contributed by atoms with Crippen molar-refractivity contribution in [2.24, 2.45) is 0 Å². The smallest absolute Gasteiger partial charge is 0.305 e. The Balaban J connectivity index is 2.13. The fourth-order valence-electron chi connectivity index (χ4n) is 1.90. The minimum Gasteiger partial charge on any atom is -0.481 e. The summed E-state index contributed by atoms with van der Waals surface area (Å²) in [5, 5.41) is 8.72. The molecule has 1 aromatic heterocycles. The number of carboxylic acid groups (broad SMARTS) is 1. The van der Waals surface area contributed by atoms with E-state index in [0.717, 1.165) is 18.4 Å². The second-order valence-corrected chi connectivity index (χ2v) is 4.54. The molecule has 2 rings (SSSR count). The second kappa shape index (κ2) is 5.16. The Bertz CT molecular complexity index is 469. The second-order valence-electron chi connectivity index (χ2n) is 4.54. The van der Waals surface area contributed by atoms with Gasteiger partial charge < -0.3 is 10.0 Å². The van der Waals surface area contributed by atoms with E-state index in [-0.39, 0.29) is 24.9 Å². The van der Waals surface area contributed by atoms with Crippen molar-refractivity contribution in [3.05, 3.63) is 29.6 Å². The van der Waals surface area contributed by atoms with Crippen LogP contribution in [0.3, 0.4) is 0 Å². The van der Waals surface area contributed by atoms with Gasteiger partial charge in [-0.3, -0.25) is 14.6 Å². The average Bonchev–Trinajstić information content (AvgIpc) is 3.13. The average molecular weight is 248 g/mol. The fraction of sp³-hybridized carbons (Fsp3) is 0.462. The molecule has 1 fully saturated rings. The number of nitrogens with zero attached hydrogens (tertiary/aromatic N) is 2. The van der Waals surface area contributed by atoms with Crippen LogP contribution in [0.25, 0.3) is 0 Å². The third kappa shape index (κ3) is 2.85. The number of pyridine rings is 1. The van der Waals surface area contributed by atoms with Gasteiger partial charge in [0, 0.05) is 18.8 Å². The molecule has 96 valence electrons. The first-order valence-corrected chi connectivity index (χ1v) is 6.04. The molecule has 18 heavy (non-hydrogen) atoms. The lowest BCUT2D eigenvalue weighted by Gasteiger charge is -2.21. The van der Waals surface area contributed by atoms with Crippen molar-refractivity contribution in [2.75, 3.05) is 6.54 Å². The van der Waals surface area contributed by atoms with Gasteiger partial charge in [-0.05, 0) is 31.4 Å². The van der Waals surface area contributed by atoms with Crippen molar-refractivity contribution in [3.63, 3.8) is 0 Å². The molecule has 0 atom stereocenters. The van der Waals surface area contributed by atoms with Crippen molar-refractivity contribution in [2.45, 2.75) is 32.2 Å². The first-order valence-electron chi connectivity index (χ1n) is 6.04. The zero-order valence-electron chi connectivity index (χ0n) is 10.3. The molecule has 0 radical (unpaired) electrons. The number of aliphatic carboxylic acids is 1. The van der Waals surface area contributed by atoms with Crippen molar-refractivity contribution in [3.8, 4) is 0 Å². The van der Waals surface area contributed by atoms with Crippen molar-refractivity contribution >= 4 is 11.9 Å². The Morgan fingerprint density at radius 1 is 1.50 bits per heavy atom. The van der Waals surface area contributed by atoms with Crippen LogP contribution >= 0.6 is 0 Å².